The average Bonchev–Trinajstić information content (AvgIpc) is 2.49. The van der Waals surface area contributed by atoms with Crippen LogP contribution in [0, 0.1) is 11.6 Å². The number of halogens is 2. The molecule has 0 heterocycles. The van der Waals surface area contributed by atoms with Crippen LogP contribution in [0.5, 0.6) is 0 Å². The van der Waals surface area contributed by atoms with Gasteiger partial charge in [-0.05, 0) is 44.0 Å². The summed E-state index contributed by atoms with van der Waals surface area (Å²) >= 11 is 0. The highest BCUT2D eigenvalue weighted by molar-refractivity contribution is 5.25. The first kappa shape index (κ1) is 16.4. The largest absolute Gasteiger partial charge is 0.373 e. The summed E-state index contributed by atoms with van der Waals surface area (Å²) < 4.78 is 33.0. The minimum absolute atomic E-state index is 0.0992. The zero-order valence-corrected chi connectivity index (χ0v) is 12.9. The van der Waals surface area contributed by atoms with E-state index in [1.165, 1.54) is 18.6 Å². The van der Waals surface area contributed by atoms with Crippen LogP contribution in [0.25, 0.3) is 0 Å². The lowest BCUT2D eigenvalue weighted by molar-refractivity contribution is -0.0910. The lowest BCUT2D eigenvalue weighted by Crippen LogP contribution is -2.47. The Morgan fingerprint density at radius 3 is 2.43 bits per heavy atom. The molecule has 1 aromatic rings. The Kier molecular flexibility index (Phi) is 5.71. The second kappa shape index (κ2) is 7.32. The normalized spacial score (nSPS) is 19.4. The van der Waals surface area contributed by atoms with Gasteiger partial charge in [0.15, 0.2) is 11.6 Å². The van der Waals surface area contributed by atoms with Crippen LogP contribution in [-0.2, 0) is 4.74 Å². The molecule has 0 saturated heterocycles. The number of hydrogen-bond acceptors (Lipinski definition) is 2. The molecule has 1 fully saturated rings. The maximum Gasteiger partial charge on any atom is 0.159 e. The Balaban J connectivity index is 2.36. The zero-order valence-electron chi connectivity index (χ0n) is 12.9. The van der Waals surface area contributed by atoms with Gasteiger partial charge >= 0.3 is 0 Å². The molecule has 1 atom stereocenters. The summed E-state index contributed by atoms with van der Waals surface area (Å²) in [5, 5.41) is 3.43. The number of benzene rings is 1. The molecule has 0 radical (unpaired) electrons. The molecule has 118 valence electrons. The molecule has 2 nitrogen and oxygen atoms in total. The highest BCUT2D eigenvalue weighted by Crippen LogP contribution is 2.41. The van der Waals surface area contributed by atoms with Gasteiger partial charge in [-0.2, -0.15) is 0 Å². The first-order valence-corrected chi connectivity index (χ1v) is 7.95. The van der Waals surface area contributed by atoms with E-state index in [-0.39, 0.29) is 11.6 Å². The highest BCUT2D eigenvalue weighted by Gasteiger charge is 2.41. The van der Waals surface area contributed by atoms with Gasteiger partial charge in [0.1, 0.15) is 0 Å². The van der Waals surface area contributed by atoms with Crippen LogP contribution >= 0.6 is 0 Å². The first-order valence-electron chi connectivity index (χ1n) is 7.95. The van der Waals surface area contributed by atoms with E-state index in [1.54, 1.807) is 6.07 Å². The summed E-state index contributed by atoms with van der Waals surface area (Å²) in [4.78, 5) is 0. The maximum atomic E-state index is 13.6. The van der Waals surface area contributed by atoms with Gasteiger partial charge in [0.2, 0.25) is 0 Å². The molecule has 1 saturated carbocycles. The number of likely N-dealkylation sites (N-methyl/N-ethyl adjacent to an activating group) is 1. The lowest BCUT2D eigenvalue weighted by Gasteiger charge is -2.44. The van der Waals surface area contributed by atoms with E-state index < -0.39 is 11.6 Å². The van der Waals surface area contributed by atoms with Crippen molar-refractivity contribution in [3.05, 3.63) is 35.4 Å². The van der Waals surface area contributed by atoms with E-state index in [0.29, 0.717) is 6.61 Å². The molecule has 0 aromatic heterocycles. The van der Waals surface area contributed by atoms with Gasteiger partial charge in [-0.15, -0.1) is 0 Å². The minimum Gasteiger partial charge on any atom is -0.373 e. The molecule has 1 aliphatic rings. The summed E-state index contributed by atoms with van der Waals surface area (Å²) in [6.45, 7) is 5.41. The quantitative estimate of drug-likeness (QED) is 0.842. The highest BCUT2D eigenvalue weighted by atomic mass is 19.2. The van der Waals surface area contributed by atoms with Crippen molar-refractivity contribution in [1.29, 1.82) is 0 Å². The van der Waals surface area contributed by atoms with Gasteiger partial charge in [0.25, 0.3) is 0 Å². The van der Waals surface area contributed by atoms with E-state index in [4.69, 9.17) is 4.74 Å². The van der Waals surface area contributed by atoms with E-state index in [1.807, 2.05) is 13.8 Å². The molecule has 0 bridgehead atoms. The Morgan fingerprint density at radius 1 is 1.14 bits per heavy atom. The standard InChI is InChI=1S/C17H25F2NO/c1-3-20-16(13-8-9-14(18)15(19)12-13)17(21-4-2)10-6-5-7-11-17/h8-9,12,16,20H,3-7,10-11H2,1-2H3. The first-order chi connectivity index (χ1) is 10.1. The van der Waals surface area contributed by atoms with E-state index >= 15 is 0 Å². The second-order valence-corrected chi connectivity index (χ2v) is 5.72. The lowest BCUT2D eigenvalue weighted by atomic mass is 9.76. The van der Waals surface area contributed by atoms with Crippen LogP contribution < -0.4 is 5.32 Å². The smallest absolute Gasteiger partial charge is 0.159 e. The van der Waals surface area contributed by atoms with Crippen LogP contribution in [0.2, 0.25) is 0 Å². The van der Waals surface area contributed by atoms with Crippen LogP contribution in [0.3, 0.4) is 0 Å². The summed E-state index contributed by atoms with van der Waals surface area (Å²) in [7, 11) is 0. The van der Waals surface area contributed by atoms with E-state index in [0.717, 1.165) is 37.8 Å². The predicted octanol–water partition coefficient (Wildman–Crippen LogP) is 4.35. The Morgan fingerprint density at radius 2 is 1.86 bits per heavy atom. The molecule has 0 amide bonds. The van der Waals surface area contributed by atoms with Crippen molar-refractivity contribution in [2.75, 3.05) is 13.2 Å². The van der Waals surface area contributed by atoms with Gasteiger partial charge in [-0.3, -0.25) is 0 Å². The number of rotatable bonds is 6. The summed E-state index contributed by atoms with van der Waals surface area (Å²) in [6.07, 6.45) is 5.36. The number of hydrogen-bond donors (Lipinski definition) is 1. The monoisotopic (exact) mass is 297 g/mol. The fourth-order valence-electron chi connectivity index (χ4n) is 3.46. The third kappa shape index (κ3) is 3.61. The van der Waals surface area contributed by atoms with Crippen molar-refractivity contribution >= 4 is 0 Å². The average molecular weight is 297 g/mol. The van der Waals surface area contributed by atoms with E-state index in [2.05, 4.69) is 5.32 Å². The van der Waals surface area contributed by atoms with Crippen LogP contribution in [0.15, 0.2) is 18.2 Å². The van der Waals surface area contributed by atoms with Crippen molar-refractivity contribution in [1.82, 2.24) is 5.32 Å². The maximum absolute atomic E-state index is 13.6. The molecule has 1 aliphatic carbocycles. The predicted molar refractivity (Wildman–Crippen MR) is 80.2 cm³/mol. The molecule has 2 rings (SSSR count). The molecule has 0 spiro atoms. The Labute approximate surface area is 125 Å². The van der Waals surface area contributed by atoms with Crippen LogP contribution in [-0.4, -0.2) is 18.8 Å². The van der Waals surface area contributed by atoms with Gasteiger partial charge < -0.3 is 10.1 Å². The van der Waals surface area contributed by atoms with Crippen LogP contribution in [0.1, 0.15) is 57.6 Å². The summed E-state index contributed by atoms with van der Waals surface area (Å²) in [5.74, 6) is -1.60. The number of nitrogens with one attached hydrogen (secondary N) is 1. The third-order valence-corrected chi connectivity index (χ3v) is 4.34. The molecular formula is C17H25F2NO. The molecular weight excluding hydrogens is 272 g/mol. The Hall–Kier alpha value is -1.00. The Bertz CT molecular complexity index is 453. The fraction of sp³-hybridized carbons (Fsp3) is 0.647. The van der Waals surface area contributed by atoms with Crippen molar-refractivity contribution < 1.29 is 13.5 Å². The van der Waals surface area contributed by atoms with E-state index in [9.17, 15) is 8.78 Å². The molecule has 1 aromatic carbocycles. The minimum atomic E-state index is -0.803. The van der Waals surface area contributed by atoms with Gasteiger partial charge in [0.05, 0.1) is 11.6 Å². The SMILES string of the molecule is CCNC(c1ccc(F)c(F)c1)C1(OCC)CCCCC1. The molecule has 21 heavy (non-hydrogen) atoms. The summed E-state index contributed by atoms with van der Waals surface area (Å²) in [6, 6.07) is 4.08. The van der Waals surface area contributed by atoms with Crippen molar-refractivity contribution in [3.63, 3.8) is 0 Å². The van der Waals surface area contributed by atoms with Crippen molar-refractivity contribution in [2.45, 2.75) is 57.6 Å². The molecule has 4 heteroatoms. The van der Waals surface area contributed by atoms with Crippen molar-refractivity contribution in [3.8, 4) is 0 Å². The third-order valence-electron chi connectivity index (χ3n) is 4.34. The molecule has 1 N–H and O–H groups in total. The van der Waals surface area contributed by atoms with Gasteiger partial charge in [-0.25, -0.2) is 8.78 Å². The number of ether oxygens (including phenoxy) is 1. The second-order valence-electron chi connectivity index (χ2n) is 5.72. The molecule has 1 unspecified atom stereocenters. The van der Waals surface area contributed by atoms with Gasteiger partial charge in [-0.1, -0.05) is 32.3 Å². The summed E-state index contributed by atoms with van der Waals surface area (Å²) in [5.41, 5.74) is 0.457. The van der Waals surface area contributed by atoms with Gasteiger partial charge in [0, 0.05) is 6.61 Å². The topological polar surface area (TPSA) is 21.3 Å². The molecule has 0 aliphatic heterocycles. The van der Waals surface area contributed by atoms with Crippen LogP contribution in [0.4, 0.5) is 8.78 Å². The zero-order chi connectivity index (χ0) is 15.3. The fourth-order valence-corrected chi connectivity index (χ4v) is 3.46. The van der Waals surface area contributed by atoms with Crippen molar-refractivity contribution in [2.24, 2.45) is 0 Å².